The third kappa shape index (κ3) is 8.70. The van der Waals surface area contributed by atoms with Gasteiger partial charge in [0.05, 0.1) is 12.5 Å². The first-order chi connectivity index (χ1) is 14.4. The number of nitrogens with one attached hydrogen (secondary N) is 3. The molecule has 0 saturated carbocycles. The van der Waals surface area contributed by atoms with Crippen molar-refractivity contribution >= 4 is 29.7 Å². The molecular weight excluding hydrogens is 412 g/mol. The van der Waals surface area contributed by atoms with Crippen LogP contribution in [0, 0.1) is 0 Å². The highest BCUT2D eigenvalue weighted by atomic mass is 16.4. The summed E-state index contributed by atoms with van der Waals surface area (Å²) in [4.78, 5) is 58.9. The maximum Gasteiger partial charge on any atom is 0.326 e. The van der Waals surface area contributed by atoms with Gasteiger partial charge in [0, 0.05) is 6.42 Å². The fourth-order valence-corrected chi connectivity index (χ4v) is 2.43. The average Bonchev–Trinajstić information content (AvgIpc) is 2.67. The maximum atomic E-state index is 12.7. The first-order valence-electron chi connectivity index (χ1n) is 9.30. The quantitative estimate of drug-likeness (QED) is 0.210. The van der Waals surface area contributed by atoms with Gasteiger partial charge < -0.3 is 37.0 Å². The lowest BCUT2D eigenvalue weighted by Crippen LogP contribution is -2.56. The summed E-state index contributed by atoms with van der Waals surface area (Å²) >= 11 is 0. The van der Waals surface area contributed by atoms with Crippen LogP contribution in [0.15, 0.2) is 24.3 Å². The molecule has 12 nitrogen and oxygen atoms in total. The first kappa shape index (κ1) is 25.4. The van der Waals surface area contributed by atoms with E-state index in [1.54, 1.807) is 0 Å². The Labute approximate surface area is 177 Å². The van der Waals surface area contributed by atoms with E-state index in [2.05, 4.69) is 16.0 Å². The van der Waals surface area contributed by atoms with Crippen LogP contribution in [0.5, 0.6) is 5.75 Å². The number of nitrogens with two attached hydrogens (primary N) is 1. The van der Waals surface area contributed by atoms with Crippen molar-refractivity contribution in [3.8, 4) is 5.75 Å². The Hall–Kier alpha value is -3.67. The van der Waals surface area contributed by atoms with Gasteiger partial charge in [-0.25, -0.2) is 4.79 Å². The molecule has 0 aliphatic carbocycles. The molecule has 0 spiro atoms. The van der Waals surface area contributed by atoms with Crippen molar-refractivity contribution in [2.45, 2.75) is 50.9 Å². The second kappa shape index (κ2) is 11.5. The molecule has 0 aliphatic heterocycles. The summed E-state index contributed by atoms with van der Waals surface area (Å²) < 4.78 is 0. The van der Waals surface area contributed by atoms with Gasteiger partial charge in [0.1, 0.15) is 23.9 Å². The van der Waals surface area contributed by atoms with Crippen LogP contribution in [0.4, 0.5) is 0 Å². The molecule has 0 bridgehead atoms. The number of carbonyl (C=O) groups excluding carboxylic acids is 3. The number of aromatic hydroxyl groups is 1. The lowest BCUT2D eigenvalue weighted by Gasteiger charge is -2.23. The number of carboxylic acid groups (broad SMARTS) is 2. The molecule has 4 atom stereocenters. The van der Waals surface area contributed by atoms with Gasteiger partial charge in [-0.3, -0.25) is 19.2 Å². The van der Waals surface area contributed by atoms with Crippen molar-refractivity contribution in [3.63, 3.8) is 0 Å². The first-order valence-corrected chi connectivity index (χ1v) is 9.30. The number of hydrogen-bond acceptors (Lipinski definition) is 7. The fourth-order valence-electron chi connectivity index (χ4n) is 2.43. The molecule has 0 heterocycles. The third-order valence-electron chi connectivity index (χ3n) is 4.17. The summed E-state index contributed by atoms with van der Waals surface area (Å²) in [6.07, 6.45) is -0.951. The molecule has 8 N–H and O–H groups in total. The second-order valence-corrected chi connectivity index (χ2v) is 6.95. The summed E-state index contributed by atoms with van der Waals surface area (Å²) in [5.74, 6) is -5.26. The normalized spacial score (nSPS) is 14.4. The van der Waals surface area contributed by atoms with Gasteiger partial charge >= 0.3 is 11.9 Å². The minimum Gasteiger partial charge on any atom is -0.508 e. The molecule has 0 aromatic heterocycles. The molecule has 1 aromatic rings. The molecule has 0 fully saturated rings. The smallest absolute Gasteiger partial charge is 0.326 e. The van der Waals surface area contributed by atoms with Gasteiger partial charge in [-0.05, 0) is 31.5 Å². The van der Waals surface area contributed by atoms with Crippen LogP contribution in [-0.4, -0.2) is 69.1 Å². The van der Waals surface area contributed by atoms with E-state index in [-0.39, 0.29) is 12.2 Å². The number of rotatable bonds is 11. The average molecular weight is 438 g/mol. The Kier molecular flexibility index (Phi) is 9.41. The summed E-state index contributed by atoms with van der Waals surface area (Å²) in [6, 6.07) is 0.803. The number of phenolic OH excluding ortho intramolecular Hbond substituents is 1. The van der Waals surface area contributed by atoms with Crippen LogP contribution in [0.3, 0.4) is 0 Å². The summed E-state index contributed by atoms with van der Waals surface area (Å²) in [6.45, 7) is 2.80. The summed E-state index contributed by atoms with van der Waals surface area (Å²) in [5.41, 5.74) is 5.96. The van der Waals surface area contributed by atoms with E-state index < -0.39 is 60.2 Å². The van der Waals surface area contributed by atoms with E-state index in [0.717, 1.165) is 0 Å². The van der Waals surface area contributed by atoms with Crippen molar-refractivity contribution < 1.29 is 39.3 Å². The molecule has 4 unspecified atom stereocenters. The number of aliphatic carboxylic acids is 2. The predicted molar refractivity (Wildman–Crippen MR) is 107 cm³/mol. The third-order valence-corrected chi connectivity index (χ3v) is 4.17. The number of hydrogen-bond donors (Lipinski definition) is 7. The van der Waals surface area contributed by atoms with E-state index in [0.29, 0.717) is 5.56 Å². The Morgan fingerprint density at radius 1 is 0.871 bits per heavy atom. The van der Waals surface area contributed by atoms with Crippen molar-refractivity contribution in [2.24, 2.45) is 5.73 Å². The monoisotopic (exact) mass is 438 g/mol. The van der Waals surface area contributed by atoms with Crippen LogP contribution < -0.4 is 21.7 Å². The van der Waals surface area contributed by atoms with Crippen molar-refractivity contribution in [1.82, 2.24) is 16.0 Å². The molecule has 0 radical (unpaired) electrons. The highest BCUT2D eigenvalue weighted by molar-refractivity contribution is 5.94. The molecular formula is C19H26N4O8. The standard InChI is InChI=1S/C19H26N4O8/c1-9(20)16(27)21-10(2)17(28)22-13(7-11-3-5-12(24)6-4-11)18(29)23-14(19(30)31)8-15(25)26/h3-6,9-10,13-14,24H,7-8,20H2,1-2H3,(H,21,27)(H,22,28)(H,23,29)(H,25,26)(H,30,31). The molecule has 1 rings (SSSR count). The molecule has 12 heteroatoms. The van der Waals surface area contributed by atoms with E-state index >= 15 is 0 Å². The summed E-state index contributed by atoms with van der Waals surface area (Å²) in [7, 11) is 0. The molecule has 0 aliphatic rings. The van der Waals surface area contributed by atoms with E-state index in [1.807, 2.05) is 0 Å². The largest absolute Gasteiger partial charge is 0.508 e. The van der Waals surface area contributed by atoms with Gasteiger partial charge in [0.15, 0.2) is 0 Å². The van der Waals surface area contributed by atoms with Gasteiger partial charge in [-0.1, -0.05) is 12.1 Å². The number of amides is 3. The molecule has 170 valence electrons. The van der Waals surface area contributed by atoms with Gasteiger partial charge in [-0.15, -0.1) is 0 Å². The lowest BCUT2D eigenvalue weighted by molar-refractivity contribution is -0.147. The van der Waals surface area contributed by atoms with Crippen molar-refractivity contribution in [3.05, 3.63) is 29.8 Å². The topological polar surface area (TPSA) is 208 Å². The van der Waals surface area contributed by atoms with E-state index in [9.17, 15) is 29.1 Å². The summed E-state index contributed by atoms with van der Waals surface area (Å²) in [5, 5.41) is 34.2. The predicted octanol–water partition coefficient (Wildman–Crippen LogP) is -1.68. The van der Waals surface area contributed by atoms with Gasteiger partial charge in [-0.2, -0.15) is 0 Å². The van der Waals surface area contributed by atoms with Crippen LogP contribution in [-0.2, 0) is 30.4 Å². The SMILES string of the molecule is CC(N)C(=O)NC(C)C(=O)NC(Cc1ccc(O)cc1)C(=O)NC(CC(=O)O)C(=O)O. The number of benzene rings is 1. The van der Waals surface area contributed by atoms with E-state index in [1.165, 1.54) is 38.1 Å². The maximum absolute atomic E-state index is 12.7. The van der Waals surface area contributed by atoms with Crippen molar-refractivity contribution in [2.75, 3.05) is 0 Å². The molecule has 0 saturated heterocycles. The van der Waals surface area contributed by atoms with Crippen molar-refractivity contribution in [1.29, 1.82) is 0 Å². The van der Waals surface area contributed by atoms with Crippen LogP contribution in [0.1, 0.15) is 25.8 Å². The van der Waals surface area contributed by atoms with Crippen LogP contribution in [0.2, 0.25) is 0 Å². The fraction of sp³-hybridized carbons (Fsp3) is 0.421. The molecule has 1 aromatic carbocycles. The molecule has 3 amide bonds. The van der Waals surface area contributed by atoms with Gasteiger partial charge in [0.25, 0.3) is 0 Å². The highest BCUT2D eigenvalue weighted by Gasteiger charge is 2.29. The Balaban J connectivity index is 3.01. The lowest BCUT2D eigenvalue weighted by atomic mass is 10.0. The Morgan fingerprint density at radius 3 is 1.90 bits per heavy atom. The van der Waals surface area contributed by atoms with Crippen LogP contribution in [0.25, 0.3) is 0 Å². The zero-order valence-electron chi connectivity index (χ0n) is 17.0. The minimum absolute atomic E-state index is 0.0200. The minimum atomic E-state index is -1.71. The Morgan fingerprint density at radius 2 is 1.42 bits per heavy atom. The zero-order chi connectivity index (χ0) is 23.7. The zero-order valence-corrected chi connectivity index (χ0v) is 17.0. The second-order valence-electron chi connectivity index (χ2n) is 6.95. The highest BCUT2D eigenvalue weighted by Crippen LogP contribution is 2.12. The Bertz CT molecular complexity index is 825. The van der Waals surface area contributed by atoms with Crippen LogP contribution >= 0.6 is 0 Å². The van der Waals surface area contributed by atoms with Gasteiger partial charge in [0.2, 0.25) is 17.7 Å². The number of phenols is 1. The van der Waals surface area contributed by atoms with E-state index in [4.69, 9.17) is 15.9 Å². The molecule has 31 heavy (non-hydrogen) atoms. The number of carbonyl (C=O) groups is 5. The number of carboxylic acids is 2.